The molecule has 2 aromatic carbocycles. The summed E-state index contributed by atoms with van der Waals surface area (Å²) in [5.41, 5.74) is 6.98. The normalized spacial score (nSPS) is 12.5. The zero-order valence-corrected chi connectivity index (χ0v) is 10.9. The molecule has 118 valence electrons. The molecule has 0 fully saturated rings. The fourth-order valence-corrected chi connectivity index (χ4v) is 2.09. The molecule has 0 aliphatic heterocycles. The summed E-state index contributed by atoms with van der Waals surface area (Å²) in [6, 6.07) is 6.01. The summed E-state index contributed by atoms with van der Waals surface area (Å²) >= 11 is 0. The minimum absolute atomic E-state index is 0.196. The molecule has 0 radical (unpaired) electrons. The van der Waals surface area contributed by atoms with E-state index in [1.54, 1.807) is 0 Å². The van der Waals surface area contributed by atoms with Crippen molar-refractivity contribution in [2.24, 2.45) is 0 Å². The Morgan fingerprint density at radius 1 is 0.591 bits per heavy atom. The first kappa shape index (κ1) is 16.0. The number of para-hydroxylation sites is 2. The van der Waals surface area contributed by atoms with Crippen LogP contribution in [0.15, 0.2) is 36.4 Å². The van der Waals surface area contributed by atoms with Crippen LogP contribution in [0.4, 0.5) is 37.7 Å². The van der Waals surface area contributed by atoms with Gasteiger partial charge in [0.1, 0.15) is 0 Å². The van der Waals surface area contributed by atoms with Crippen molar-refractivity contribution in [3.05, 3.63) is 47.5 Å². The summed E-state index contributed by atoms with van der Waals surface area (Å²) in [5, 5.41) is 0. The van der Waals surface area contributed by atoms with Crippen LogP contribution >= 0.6 is 0 Å². The highest BCUT2D eigenvalue weighted by molar-refractivity contribution is 5.87. The zero-order valence-electron chi connectivity index (χ0n) is 10.9. The topological polar surface area (TPSA) is 52.0 Å². The number of rotatable bonds is 1. The quantitative estimate of drug-likeness (QED) is 0.598. The molecule has 0 aliphatic carbocycles. The Morgan fingerprint density at radius 3 is 1.18 bits per heavy atom. The molecule has 2 rings (SSSR count). The molecule has 0 aromatic heterocycles. The third-order valence-corrected chi connectivity index (χ3v) is 3.11. The molecular weight excluding hydrogens is 310 g/mol. The second-order valence-corrected chi connectivity index (χ2v) is 4.53. The van der Waals surface area contributed by atoms with Crippen LogP contribution in [0.3, 0.4) is 0 Å². The average Bonchev–Trinajstić information content (AvgIpc) is 2.37. The van der Waals surface area contributed by atoms with E-state index in [1.807, 2.05) is 0 Å². The van der Waals surface area contributed by atoms with Crippen molar-refractivity contribution in [2.45, 2.75) is 12.4 Å². The van der Waals surface area contributed by atoms with Gasteiger partial charge in [-0.3, -0.25) is 0 Å². The number of hydrogen-bond donors (Lipinski definition) is 2. The van der Waals surface area contributed by atoms with Gasteiger partial charge < -0.3 is 11.5 Å². The van der Waals surface area contributed by atoms with Crippen LogP contribution in [0.1, 0.15) is 11.1 Å². The van der Waals surface area contributed by atoms with Gasteiger partial charge in [0.2, 0.25) is 0 Å². The van der Waals surface area contributed by atoms with E-state index in [1.165, 1.54) is 12.1 Å². The summed E-state index contributed by atoms with van der Waals surface area (Å²) in [6.45, 7) is 0. The van der Waals surface area contributed by atoms with Crippen LogP contribution in [0.5, 0.6) is 0 Å². The molecule has 0 unspecified atom stereocenters. The lowest BCUT2D eigenvalue weighted by Gasteiger charge is -2.17. The lowest BCUT2D eigenvalue weighted by molar-refractivity contribution is -0.137. The molecule has 2 nitrogen and oxygen atoms in total. The molecule has 22 heavy (non-hydrogen) atoms. The summed E-state index contributed by atoms with van der Waals surface area (Å²) in [5.74, 6) is 0. The van der Waals surface area contributed by atoms with Gasteiger partial charge >= 0.3 is 12.4 Å². The average molecular weight is 320 g/mol. The SMILES string of the molecule is Nc1c(-c2cccc(C(F)(F)F)c2N)cccc1C(F)(F)F. The smallest absolute Gasteiger partial charge is 0.398 e. The first-order valence-electron chi connectivity index (χ1n) is 5.95. The molecule has 2 aromatic rings. The summed E-state index contributed by atoms with van der Waals surface area (Å²) in [7, 11) is 0. The van der Waals surface area contributed by atoms with E-state index in [-0.39, 0.29) is 11.1 Å². The number of benzene rings is 2. The van der Waals surface area contributed by atoms with Crippen molar-refractivity contribution in [2.75, 3.05) is 11.5 Å². The van der Waals surface area contributed by atoms with Crippen LogP contribution in [-0.4, -0.2) is 0 Å². The number of nitrogens with two attached hydrogens (primary N) is 2. The van der Waals surface area contributed by atoms with Crippen LogP contribution in [0.25, 0.3) is 11.1 Å². The fourth-order valence-electron chi connectivity index (χ4n) is 2.09. The van der Waals surface area contributed by atoms with Gasteiger partial charge in [0.05, 0.1) is 22.5 Å². The Balaban J connectivity index is 2.69. The molecule has 0 heterocycles. The highest BCUT2D eigenvalue weighted by Crippen LogP contribution is 2.43. The molecule has 4 N–H and O–H groups in total. The number of nitrogen functional groups attached to an aromatic ring is 2. The molecule has 8 heteroatoms. The van der Waals surface area contributed by atoms with Gasteiger partial charge in [0.25, 0.3) is 0 Å². The van der Waals surface area contributed by atoms with E-state index >= 15 is 0 Å². The molecular formula is C14H10F6N2. The highest BCUT2D eigenvalue weighted by Gasteiger charge is 2.36. The second kappa shape index (κ2) is 5.11. The van der Waals surface area contributed by atoms with Crippen molar-refractivity contribution in [3.63, 3.8) is 0 Å². The van der Waals surface area contributed by atoms with Crippen LogP contribution in [0, 0.1) is 0 Å². The Bertz CT molecular complexity index is 642. The highest BCUT2D eigenvalue weighted by atomic mass is 19.4. The lowest BCUT2D eigenvalue weighted by Crippen LogP contribution is -2.12. The van der Waals surface area contributed by atoms with E-state index in [9.17, 15) is 26.3 Å². The minimum Gasteiger partial charge on any atom is -0.398 e. The van der Waals surface area contributed by atoms with E-state index < -0.39 is 34.9 Å². The number of hydrogen-bond acceptors (Lipinski definition) is 2. The van der Waals surface area contributed by atoms with Crippen molar-refractivity contribution < 1.29 is 26.3 Å². The molecule has 0 spiro atoms. The van der Waals surface area contributed by atoms with Crippen LogP contribution < -0.4 is 11.5 Å². The second-order valence-electron chi connectivity index (χ2n) is 4.53. The van der Waals surface area contributed by atoms with Crippen molar-refractivity contribution in [1.29, 1.82) is 0 Å². The monoisotopic (exact) mass is 320 g/mol. The van der Waals surface area contributed by atoms with Gasteiger partial charge in [-0.1, -0.05) is 24.3 Å². The number of anilines is 2. The summed E-state index contributed by atoms with van der Waals surface area (Å²) in [6.07, 6.45) is -9.42. The first-order valence-corrected chi connectivity index (χ1v) is 5.95. The van der Waals surface area contributed by atoms with Crippen molar-refractivity contribution in [1.82, 2.24) is 0 Å². The van der Waals surface area contributed by atoms with Crippen molar-refractivity contribution >= 4 is 11.4 Å². The van der Waals surface area contributed by atoms with E-state index in [0.717, 1.165) is 24.3 Å². The lowest BCUT2D eigenvalue weighted by atomic mass is 9.96. The maximum Gasteiger partial charge on any atom is 0.418 e. The molecule has 0 bridgehead atoms. The molecule has 0 aliphatic rings. The van der Waals surface area contributed by atoms with E-state index in [4.69, 9.17) is 11.5 Å². The molecule has 0 saturated heterocycles. The van der Waals surface area contributed by atoms with Gasteiger partial charge in [-0.25, -0.2) is 0 Å². The van der Waals surface area contributed by atoms with Crippen molar-refractivity contribution in [3.8, 4) is 11.1 Å². The minimum atomic E-state index is -4.71. The largest absolute Gasteiger partial charge is 0.418 e. The van der Waals surface area contributed by atoms with E-state index in [2.05, 4.69) is 0 Å². The van der Waals surface area contributed by atoms with E-state index in [0.29, 0.717) is 0 Å². The molecule has 0 saturated carbocycles. The molecule has 0 amide bonds. The fraction of sp³-hybridized carbons (Fsp3) is 0.143. The van der Waals surface area contributed by atoms with Gasteiger partial charge in [-0.2, -0.15) is 26.3 Å². The predicted molar refractivity (Wildman–Crippen MR) is 70.7 cm³/mol. The zero-order chi connectivity index (χ0) is 16.7. The number of halogens is 6. The van der Waals surface area contributed by atoms with Crippen LogP contribution in [-0.2, 0) is 12.4 Å². The van der Waals surface area contributed by atoms with Crippen LogP contribution in [0.2, 0.25) is 0 Å². The first-order chi connectivity index (χ1) is 10.0. The Kier molecular flexibility index (Phi) is 3.72. The maximum absolute atomic E-state index is 12.8. The third kappa shape index (κ3) is 2.81. The van der Waals surface area contributed by atoms with Gasteiger partial charge in [-0.05, 0) is 12.1 Å². The third-order valence-electron chi connectivity index (χ3n) is 3.11. The molecule has 0 atom stereocenters. The number of alkyl halides is 6. The Hall–Kier alpha value is -2.38. The Labute approximate surface area is 121 Å². The Morgan fingerprint density at radius 2 is 0.909 bits per heavy atom. The standard InChI is InChI=1S/C14H10F6N2/c15-13(16,17)9-5-1-3-7(11(9)21)8-4-2-6-10(12(8)22)14(18,19)20/h1-6H,21-22H2. The van der Waals surface area contributed by atoms with Gasteiger partial charge in [0, 0.05) is 11.1 Å². The van der Waals surface area contributed by atoms with Gasteiger partial charge in [-0.15, -0.1) is 0 Å². The summed E-state index contributed by atoms with van der Waals surface area (Å²) in [4.78, 5) is 0. The van der Waals surface area contributed by atoms with Gasteiger partial charge in [0.15, 0.2) is 0 Å². The maximum atomic E-state index is 12.8. The predicted octanol–water partition coefficient (Wildman–Crippen LogP) is 4.56. The summed E-state index contributed by atoms with van der Waals surface area (Å²) < 4.78 is 76.9.